The van der Waals surface area contributed by atoms with Gasteiger partial charge in [-0.2, -0.15) is 0 Å². The van der Waals surface area contributed by atoms with E-state index < -0.39 is 0 Å². The van der Waals surface area contributed by atoms with Crippen LogP contribution in [0.4, 0.5) is 5.69 Å². The normalized spacial score (nSPS) is 14.9. The molecule has 122 valence electrons. The average molecular weight is 367 g/mol. The molecule has 3 nitrogen and oxygen atoms in total. The molecule has 0 radical (unpaired) electrons. The predicted octanol–water partition coefficient (Wildman–Crippen LogP) is 5.30. The van der Waals surface area contributed by atoms with Gasteiger partial charge in [-0.05, 0) is 41.5 Å². The molecule has 1 aliphatic heterocycles. The number of hydrogen-bond donors (Lipinski definition) is 1. The Bertz CT molecular complexity index is 1010. The number of aromatic nitrogens is 1. The third-order valence-electron chi connectivity index (χ3n) is 4.05. The van der Waals surface area contributed by atoms with Crippen molar-refractivity contribution in [2.45, 2.75) is 0 Å². The van der Waals surface area contributed by atoms with Gasteiger partial charge in [-0.1, -0.05) is 53.5 Å². The molecular formula is C20H12Cl2N2O. The van der Waals surface area contributed by atoms with Crippen molar-refractivity contribution in [1.82, 2.24) is 4.98 Å². The third-order valence-corrected chi connectivity index (χ3v) is 4.50. The number of fused-ring (bicyclic) bond motifs is 1. The maximum Gasteiger partial charge on any atom is 0.257 e. The summed E-state index contributed by atoms with van der Waals surface area (Å²) < 4.78 is 0. The number of carbonyl (C=O) groups excluding carboxylic acids is 1. The highest BCUT2D eigenvalue weighted by atomic mass is 35.5. The fraction of sp³-hybridized carbons (Fsp3) is 0. The van der Waals surface area contributed by atoms with Crippen LogP contribution >= 0.6 is 23.2 Å². The van der Waals surface area contributed by atoms with E-state index in [1.165, 1.54) is 0 Å². The van der Waals surface area contributed by atoms with Crippen LogP contribution in [0.1, 0.15) is 16.7 Å². The van der Waals surface area contributed by atoms with E-state index in [9.17, 15) is 4.79 Å². The number of amides is 1. The van der Waals surface area contributed by atoms with Gasteiger partial charge >= 0.3 is 0 Å². The summed E-state index contributed by atoms with van der Waals surface area (Å²) in [4.78, 5) is 16.8. The van der Waals surface area contributed by atoms with E-state index >= 15 is 0 Å². The lowest BCUT2D eigenvalue weighted by Gasteiger charge is -2.12. The zero-order valence-corrected chi connectivity index (χ0v) is 14.5. The van der Waals surface area contributed by atoms with Crippen molar-refractivity contribution < 1.29 is 4.79 Å². The lowest BCUT2D eigenvalue weighted by atomic mass is 9.90. The van der Waals surface area contributed by atoms with Crippen LogP contribution in [0.3, 0.4) is 0 Å². The van der Waals surface area contributed by atoms with Crippen LogP contribution in [0, 0.1) is 0 Å². The van der Waals surface area contributed by atoms with E-state index in [2.05, 4.69) is 10.3 Å². The van der Waals surface area contributed by atoms with Crippen molar-refractivity contribution in [3.05, 3.63) is 93.7 Å². The molecule has 0 bridgehead atoms. The summed E-state index contributed by atoms with van der Waals surface area (Å²) in [7, 11) is 0. The molecule has 0 aliphatic carbocycles. The third kappa shape index (κ3) is 2.93. The molecule has 0 saturated carbocycles. The van der Waals surface area contributed by atoms with Crippen LogP contribution in [0.15, 0.2) is 66.9 Å². The van der Waals surface area contributed by atoms with Crippen molar-refractivity contribution in [3.8, 4) is 0 Å². The summed E-state index contributed by atoms with van der Waals surface area (Å²) in [6, 6.07) is 18.7. The highest BCUT2D eigenvalue weighted by Crippen LogP contribution is 2.41. The summed E-state index contributed by atoms with van der Waals surface area (Å²) in [6.45, 7) is 0. The first-order valence-corrected chi connectivity index (χ1v) is 8.42. The SMILES string of the molecule is O=C1Nc2ccc(Cl)cc2/C1=C(/c1ccccc1)c1ccnc(Cl)c1. The van der Waals surface area contributed by atoms with Crippen molar-refractivity contribution >= 4 is 45.9 Å². The molecule has 2 heterocycles. The van der Waals surface area contributed by atoms with Crippen LogP contribution in [0.25, 0.3) is 11.1 Å². The van der Waals surface area contributed by atoms with E-state index in [0.29, 0.717) is 15.7 Å². The number of pyridine rings is 1. The Hall–Kier alpha value is -2.62. The summed E-state index contributed by atoms with van der Waals surface area (Å²) in [5.74, 6) is -0.163. The maximum absolute atomic E-state index is 12.8. The van der Waals surface area contributed by atoms with Crippen molar-refractivity contribution in [2.75, 3.05) is 5.32 Å². The van der Waals surface area contributed by atoms with E-state index in [1.807, 2.05) is 42.5 Å². The second-order valence-corrected chi connectivity index (χ2v) is 6.45. The van der Waals surface area contributed by atoms with Crippen LogP contribution in [-0.2, 0) is 4.79 Å². The van der Waals surface area contributed by atoms with Gasteiger partial charge in [0.1, 0.15) is 5.15 Å². The summed E-state index contributed by atoms with van der Waals surface area (Å²) in [6.07, 6.45) is 1.63. The molecule has 25 heavy (non-hydrogen) atoms. The van der Waals surface area contributed by atoms with Crippen molar-refractivity contribution in [3.63, 3.8) is 0 Å². The largest absolute Gasteiger partial charge is 0.321 e. The van der Waals surface area contributed by atoms with Crippen LogP contribution in [0.2, 0.25) is 10.2 Å². The topological polar surface area (TPSA) is 42.0 Å². The molecule has 1 N–H and O–H groups in total. The van der Waals surface area contributed by atoms with Gasteiger partial charge in [0.05, 0.1) is 5.57 Å². The first-order chi connectivity index (χ1) is 12.1. The zero-order valence-electron chi connectivity index (χ0n) is 13.0. The van der Waals surface area contributed by atoms with Gasteiger partial charge in [0.25, 0.3) is 5.91 Å². The number of benzene rings is 2. The van der Waals surface area contributed by atoms with E-state index in [4.69, 9.17) is 23.2 Å². The Kier molecular flexibility index (Phi) is 4.04. The second-order valence-electron chi connectivity index (χ2n) is 5.63. The smallest absolute Gasteiger partial charge is 0.257 e. The molecule has 0 unspecified atom stereocenters. The number of anilines is 1. The van der Waals surface area contributed by atoms with Gasteiger partial charge in [0.15, 0.2) is 0 Å². The quantitative estimate of drug-likeness (QED) is 0.493. The Morgan fingerprint density at radius 3 is 2.48 bits per heavy atom. The summed E-state index contributed by atoms with van der Waals surface area (Å²) >= 11 is 12.3. The Labute approximate surface area is 154 Å². The molecule has 0 atom stereocenters. The number of rotatable bonds is 2. The number of nitrogens with one attached hydrogen (secondary N) is 1. The molecule has 1 amide bonds. The van der Waals surface area contributed by atoms with Gasteiger partial charge in [0.2, 0.25) is 0 Å². The van der Waals surface area contributed by atoms with Gasteiger partial charge < -0.3 is 5.32 Å². The number of hydrogen-bond acceptors (Lipinski definition) is 2. The average Bonchev–Trinajstić information content (AvgIpc) is 2.92. The molecule has 5 heteroatoms. The lowest BCUT2D eigenvalue weighted by molar-refractivity contribution is -0.110. The van der Waals surface area contributed by atoms with Gasteiger partial charge in [0, 0.05) is 28.0 Å². The molecule has 0 fully saturated rings. The molecule has 1 aromatic heterocycles. The van der Waals surface area contributed by atoms with E-state index in [-0.39, 0.29) is 5.91 Å². The fourth-order valence-electron chi connectivity index (χ4n) is 3.01. The predicted molar refractivity (Wildman–Crippen MR) is 102 cm³/mol. The molecular weight excluding hydrogens is 355 g/mol. The Morgan fingerprint density at radius 1 is 0.920 bits per heavy atom. The van der Waals surface area contributed by atoms with Crippen molar-refractivity contribution in [2.24, 2.45) is 0 Å². The fourth-order valence-corrected chi connectivity index (χ4v) is 3.35. The van der Waals surface area contributed by atoms with E-state index in [0.717, 1.165) is 28.0 Å². The van der Waals surface area contributed by atoms with Crippen molar-refractivity contribution in [1.29, 1.82) is 0 Å². The molecule has 3 aromatic rings. The number of halogens is 2. The zero-order chi connectivity index (χ0) is 17.4. The van der Waals surface area contributed by atoms with Crippen LogP contribution in [0.5, 0.6) is 0 Å². The lowest BCUT2D eigenvalue weighted by Crippen LogP contribution is -2.06. The highest BCUT2D eigenvalue weighted by Gasteiger charge is 2.29. The Balaban J connectivity index is 2.06. The summed E-state index contributed by atoms with van der Waals surface area (Å²) in [5.41, 5.74) is 4.64. The molecule has 0 spiro atoms. The number of carbonyl (C=O) groups is 1. The minimum Gasteiger partial charge on any atom is -0.321 e. The second kappa shape index (κ2) is 6.36. The van der Waals surface area contributed by atoms with Crippen LogP contribution in [-0.4, -0.2) is 10.9 Å². The molecule has 1 aliphatic rings. The molecule has 4 rings (SSSR count). The highest BCUT2D eigenvalue weighted by molar-refractivity contribution is 6.39. The number of nitrogens with zero attached hydrogens (tertiary/aromatic N) is 1. The van der Waals surface area contributed by atoms with Gasteiger partial charge in [-0.15, -0.1) is 0 Å². The first kappa shape index (κ1) is 15.9. The van der Waals surface area contributed by atoms with Gasteiger partial charge in [-0.25, -0.2) is 4.98 Å². The van der Waals surface area contributed by atoms with Crippen LogP contribution < -0.4 is 5.32 Å². The van der Waals surface area contributed by atoms with Gasteiger partial charge in [-0.3, -0.25) is 4.79 Å². The Morgan fingerprint density at radius 2 is 1.72 bits per heavy atom. The first-order valence-electron chi connectivity index (χ1n) is 7.66. The minimum absolute atomic E-state index is 0.163. The monoisotopic (exact) mass is 366 g/mol. The standard InChI is InChI=1S/C20H12Cl2N2O/c21-14-6-7-16-15(11-14)19(20(25)24-16)18(12-4-2-1-3-5-12)13-8-9-23-17(22)10-13/h1-11H,(H,24,25)/b19-18+. The minimum atomic E-state index is -0.163. The summed E-state index contributed by atoms with van der Waals surface area (Å²) in [5, 5.41) is 3.85. The molecule has 2 aromatic carbocycles. The maximum atomic E-state index is 12.8. The molecule has 0 saturated heterocycles. The van der Waals surface area contributed by atoms with E-state index in [1.54, 1.807) is 24.4 Å².